The largest absolute Gasteiger partial charge is 0.354 e. The van der Waals surface area contributed by atoms with Gasteiger partial charge in [0, 0.05) is 25.3 Å². The van der Waals surface area contributed by atoms with Gasteiger partial charge in [0.05, 0.1) is 0 Å². The van der Waals surface area contributed by atoms with Crippen molar-refractivity contribution < 1.29 is 18.0 Å². The first-order valence-electron chi connectivity index (χ1n) is 5.42. The average molecular weight is 262 g/mol. The smallest absolute Gasteiger partial charge is 0.241 e. The minimum atomic E-state index is -3.46. The third-order valence-corrected chi connectivity index (χ3v) is 5.11. The van der Waals surface area contributed by atoms with Crippen LogP contribution in [0.2, 0.25) is 0 Å². The molecule has 2 amide bonds. The van der Waals surface area contributed by atoms with Gasteiger partial charge in [-0.15, -0.1) is 0 Å². The lowest BCUT2D eigenvalue weighted by molar-refractivity contribution is -0.126. The summed E-state index contributed by atoms with van der Waals surface area (Å²) in [6, 6.07) is -0.193. The summed E-state index contributed by atoms with van der Waals surface area (Å²) in [5, 5.41) is 5.28. The predicted molar refractivity (Wildman–Crippen MR) is 63.1 cm³/mol. The number of nitrogens with one attached hydrogen (secondary N) is 2. The zero-order valence-electron chi connectivity index (χ0n) is 10.2. The van der Waals surface area contributed by atoms with Crippen LogP contribution < -0.4 is 10.6 Å². The normalized spacial score (nSPS) is 21.8. The van der Waals surface area contributed by atoms with Gasteiger partial charge in [-0.05, 0) is 20.3 Å². The minimum Gasteiger partial charge on any atom is -0.354 e. The first-order valence-corrected chi connectivity index (χ1v) is 7.31. The number of hydrogen-bond donors (Lipinski definition) is 2. The molecule has 2 N–H and O–H groups in total. The highest BCUT2D eigenvalue weighted by molar-refractivity contribution is 7.92. The topological polar surface area (TPSA) is 92.3 Å². The van der Waals surface area contributed by atoms with Crippen LogP contribution in [0.25, 0.3) is 0 Å². The fourth-order valence-corrected chi connectivity index (χ4v) is 1.78. The molecule has 1 fully saturated rings. The van der Waals surface area contributed by atoms with E-state index < -0.39 is 20.5 Å². The maximum absolute atomic E-state index is 11.9. The molecule has 1 heterocycles. The summed E-state index contributed by atoms with van der Waals surface area (Å²) in [6.07, 6.45) is 1.93. The Morgan fingerprint density at radius 3 is 2.47 bits per heavy atom. The van der Waals surface area contributed by atoms with Gasteiger partial charge in [-0.25, -0.2) is 8.42 Å². The van der Waals surface area contributed by atoms with Crippen molar-refractivity contribution in [1.82, 2.24) is 10.6 Å². The van der Waals surface area contributed by atoms with Crippen LogP contribution in [0.4, 0.5) is 0 Å². The van der Waals surface area contributed by atoms with Crippen molar-refractivity contribution in [2.24, 2.45) is 0 Å². The van der Waals surface area contributed by atoms with Gasteiger partial charge in [-0.1, -0.05) is 0 Å². The Bertz CT molecular complexity index is 418. The van der Waals surface area contributed by atoms with Crippen LogP contribution in [0.15, 0.2) is 0 Å². The lowest BCUT2D eigenvalue weighted by Gasteiger charge is -2.28. The molecule has 1 unspecified atom stereocenters. The third kappa shape index (κ3) is 3.18. The summed E-state index contributed by atoms with van der Waals surface area (Å²) in [6.45, 7) is 3.10. The van der Waals surface area contributed by atoms with Crippen LogP contribution in [-0.4, -0.2) is 43.8 Å². The van der Waals surface area contributed by atoms with E-state index in [1.807, 2.05) is 0 Å². The maximum Gasteiger partial charge on any atom is 0.241 e. The van der Waals surface area contributed by atoms with E-state index in [1.54, 1.807) is 0 Å². The second-order valence-corrected chi connectivity index (χ2v) is 7.36. The quantitative estimate of drug-likeness (QED) is 0.697. The number of amides is 2. The Kier molecular flexibility index (Phi) is 3.81. The summed E-state index contributed by atoms with van der Waals surface area (Å²) in [5.41, 5.74) is 0. The van der Waals surface area contributed by atoms with Crippen LogP contribution in [-0.2, 0) is 19.4 Å². The van der Waals surface area contributed by atoms with Crippen molar-refractivity contribution in [1.29, 1.82) is 0 Å². The summed E-state index contributed by atoms with van der Waals surface area (Å²) >= 11 is 0. The monoisotopic (exact) mass is 262 g/mol. The van der Waals surface area contributed by atoms with Crippen LogP contribution in [0.3, 0.4) is 0 Å². The van der Waals surface area contributed by atoms with Gasteiger partial charge in [0.2, 0.25) is 11.8 Å². The molecule has 0 radical (unpaired) electrons. The van der Waals surface area contributed by atoms with Crippen molar-refractivity contribution in [2.75, 3.05) is 12.8 Å². The van der Waals surface area contributed by atoms with E-state index in [-0.39, 0.29) is 11.9 Å². The standard InChI is InChI=1S/C10H18N2O4S/c1-10(2,17(3,15)16)9(14)12-7-4-5-8(13)11-6-7/h7H,4-6H2,1-3H3,(H,11,13)(H,12,14). The summed E-state index contributed by atoms with van der Waals surface area (Å²) in [5.74, 6) is -0.570. The van der Waals surface area contributed by atoms with Gasteiger partial charge in [0.1, 0.15) is 4.75 Å². The van der Waals surface area contributed by atoms with E-state index in [0.29, 0.717) is 19.4 Å². The van der Waals surface area contributed by atoms with Crippen molar-refractivity contribution in [3.63, 3.8) is 0 Å². The molecule has 0 bridgehead atoms. The Labute approximate surface area is 101 Å². The predicted octanol–water partition coefficient (Wildman–Crippen LogP) is -0.796. The first kappa shape index (κ1) is 14.0. The fraction of sp³-hybridized carbons (Fsp3) is 0.800. The van der Waals surface area contributed by atoms with Gasteiger partial charge >= 0.3 is 0 Å². The molecule has 98 valence electrons. The second-order valence-electron chi connectivity index (χ2n) is 4.80. The lowest BCUT2D eigenvalue weighted by atomic mass is 10.1. The minimum absolute atomic E-state index is 0.0436. The van der Waals surface area contributed by atoms with Crippen LogP contribution in [0.5, 0.6) is 0 Å². The molecule has 1 aliphatic rings. The van der Waals surface area contributed by atoms with E-state index in [1.165, 1.54) is 13.8 Å². The van der Waals surface area contributed by atoms with Crippen LogP contribution in [0, 0.1) is 0 Å². The molecule has 1 rings (SSSR count). The summed E-state index contributed by atoms with van der Waals surface area (Å²) in [4.78, 5) is 22.8. The Morgan fingerprint density at radius 2 is 2.06 bits per heavy atom. The van der Waals surface area contributed by atoms with E-state index in [0.717, 1.165) is 6.26 Å². The number of piperidine rings is 1. The molecule has 0 aliphatic carbocycles. The highest BCUT2D eigenvalue weighted by Gasteiger charge is 2.39. The molecule has 0 spiro atoms. The summed E-state index contributed by atoms with van der Waals surface area (Å²) < 4.78 is 21.5. The zero-order chi connectivity index (χ0) is 13.3. The molecule has 0 saturated carbocycles. The van der Waals surface area contributed by atoms with Crippen molar-refractivity contribution in [3.05, 3.63) is 0 Å². The molecule has 0 aromatic carbocycles. The number of carbonyl (C=O) groups is 2. The lowest BCUT2D eigenvalue weighted by Crippen LogP contribution is -2.55. The molecule has 0 aromatic rings. The molecule has 6 nitrogen and oxygen atoms in total. The molecule has 7 heteroatoms. The van der Waals surface area contributed by atoms with Gasteiger partial charge in [0.25, 0.3) is 0 Å². The number of carbonyl (C=O) groups excluding carboxylic acids is 2. The molecule has 1 saturated heterocycles. The first-order chi connectivity index (χ1) is 7.64. The van der Waals surface area contributed by atoms with E-state index >= 15 is 0 Å². The van der Waals surface area contributed by atoms with Gasteiger partial charge in [0.15, 0.2) is 9.84 Å². The highest BCUT2D eigenvalue weighted by atomic mass is 32.2. The molecular formula is C10H18N2O4S. The number of rotatable bonds is 3. The maximum atomic E-state index is 11.9. The summed E-state index contributed by atoms with van der Waals surface area (Å²) in [7, 11) is -3.46. The zero-order valence-corrected chi connectivity index (χ0v) is 11.1. The van der Waals surface area contributed by atoms with Crippen molar-refractivity contribution >= 4 is 21.7 Å². The Hall–Kier alpha value is -1.11. The molecule has 0 aromatic heterocycles. The second kappa shape index (κ2) is 4.64. The third-order valence-electron chi connectivity index (χ3n) is 3.07. The van der Waals surface area contributed by atoms with Crippen LogP contribution in [0.1, 0.15) is 26.7 Å². The Balaban J connectivity index is 2.64. The van der Waals surface area contributed by atoms with E-state index in [9.17, 15) is 18.0 Å². The number of hydrogen-bond acceptors (Lipinski definition) is 4. The number of sulfone groups is 1. The average Bonchev–Trinajstić information content (AvgIpc) is 2.19. The van der Waals surface area contributed by atoms with E-state index in [2.05, 4.69) is 10.6 Å². The van der Waals surface area contributed by atoms with E-state index in [4.69, 9.17) is 0 Å². The fourth-order valence-electron chi connectivity index (χ4n) is 1.38. The van der Waals surface area contributed by atoms with Crippen LogP contribution >= 0.6 is 0 Å². The molecule has 1 aliphatic heterocycles. The van der Waals surface area contributed by atoms with Crippen molar-refractivity contribution in [2.45, 2.75) is 37.5 Å². The van der Waals surface area contributed by atoms with Crippen molar-refractivity contribution in [3.8, 4) is 0 Å². The SMILES string of the molecule is CC(C)(C(=O)NC1CCC(=O)NC1)S(C)(=O)=O. The Morgan fingerprint density at radius 1 is 1.47 bits per heavy atom. The van der Waals surface area contributed by atoms with Gasteiger partial charge < -0.3 is 10.6 Å². The molecular weight excluding hydrogens is 244 g/mol. The van der Waals surface area contributed by atoms with Gasteiger partial charge in [-0.3, -0.25) is 9.59 Å². The highest BCUT2D eigenvalue weighted by Crippen LogP contribution is 2.16. The molecule has 1 atom stereocenters. The van der Waals surface area contributed by atoms with Gasteiger partial charge in [-0.2, -0.15) is 0 Å². The molecule has 17 heavy (non-hydrogen) atoms.